The zero-order valence-corrected chi connectivity index (χ0v) is 17.2. The van der Waals surface area contributed by atoms with Crippen LogP contribution in [0.4, 0.5) is 5.69 Å². The average Bonchev–Trinajstić information content (AvgIpc) is 3.11. The summed E-state index contributed by atoms with van der Waals surface area (Å²) in [6.45, 7) is 3.00. The van der Waals surface area contributed by atoms with E-state index in [0.717, 1.165) is 30.0 Å². The molecule has 6 heteroatoms. The fraction of sp³-hybridized carbons (Fsp3) is 0.273. The molecule has 1 aromatic heterocycles. The smallest absolute Gasteiger partial charge is 0.259 e. The van der Waals surface area contributed by atoms with Gasteiger partial charge in [0.2, 0.25) is 0 Å². The maximum atomic E-state index is 12.8. The van der Waals surface area contributed by atoms with Crippen LogP contribution in [-0.4, -0.2) is 41.2 Å². The molecule has 0 saturated heterocycles. The van der Waals surface area contributed by atoms with E-state index < -0.39 is 0 Å². The summed E-state index contributed by atoms with van der Waals surface area (Å²) in [5.41, 5.74) is 4.28. The lowest BCUT2D eigenvalue weighted by molar-refractivity contribution is 0.102. The molecule has 1 N–H and O–H groups in total. The van der Waals surface area contributed by atoms with Gasteiger partial charge >= 0.3 is 0 Å². The van der Waals surface area contributed by atoms with Crippen LogP contribution >= 0.6 is 11.6 Å². The van der Waals surface area contributed by atoms with Gasteiger partial charge in [-0.1, -0.05) is 36.7 Å². The van der Waals surface area contributed by atoms with E-state index in [2.05, 4.69) is 41.5 Å². The molecule has 0 saturated carbocycles. The molecule has 5 nitrogen and oxygen atoms in total. The topological polar surface area (TPSA) is 50.2 Å². The Morgan fingerprint density at radius 3 is 2.57 bits per heavy atom. The first-order chi connectivity index (χ1) is 13.5. The highest BCUT2D eigenvalue weighted by Gasteiger charge is 2.17. The Bertz CT molecular complexity index is 947. The Balaban J connectivity index is 1.76. The molecule has 146 valence electrons. The van der Waals surface area contributed by atoms with E-state index in [1.165, 1.54) is 5.56 Å². The van der Waals surface area contributed by atoms with Crippen LogP contribution in [0.15, 0.2) is 54.7 Å². The van der Waals surface area contributed by atoms with Crippen LogP contribution < -0.4 is 5.32 Å². The largest absolute Gasteiger partial charge is 0.322 e. The highest BCUT2D eigenvalue weighted by atomic mass is 35.5. The van der Waals surface area contributed by atoms with E-state index in [1.807, 2.05) is 43.3 Å². The zero-order valence-electron chi connectivity index (χ0n) is 16.4. The van der Waals surface area contributed by atoms with E-state index in [9.17, 15) is 4.79 Å². The predicted octanol–water partition coefficient (Wildman–Crippen LogP) is 4.44. The minimum Gasteiger partial charge on any atom is -0.322 e. The van der Waals surface area contributed by atoms with Crippen LogP contribution in [0, 0.1) is 0 Å². The van der Waals surface area contributed by atoms with Crippen molar-refractivity contribution in [3.8, 4) is 5.69 Å². The normalized spacial score (nSPS) is 11.0. The lowest BCUT2D eigenvalue weighted by Gasteiger charge is -2.11. The number of aromatic nitrogens is 2. The zero-order chi connectivity index (χ0) is 20.1. The van der Waals surface area contributed by atoms with Gasteiger partial charge in [-0.3, -0.25) is 4.79 Å². The van der Waals surface area contributed by atoms with Crippen molar-refractivity contribution in [2.75, 3.05) is 26.0 Å². The maximum Gasteiger partial charge on any atom is 0.259 e. The summed E-state index contributed by atoms with van der Waals surface area (Å²) in [7, 11) is 4.12. The first kappa shape index (κ1) is 20.1. The molecule has 0 radical (unpaired) electrons. The summed E-state index contributed by atoms with van der Waals surface area (Å²) in [4.78, 5) is 15.0. The van der Waals surface area contributed by atoms with Gasteiger partial charge in [-0.05, 0) is 62.8 Å². The number of hydrogen-bond donors (Lipinski definition) is 1. The van der Waals surface area contributed by atoms with Crippen molar-refractivity contribution >= 4 is 23.2 Å². The van der Waals surface area contributed by atoms with Crippen molar-refractivity contribution in [1.29, 1.82) is 0 Å². The molecule has 0 unspecified atom stereocenters. The van der Waals surface area contributed by atoms with Crippen LogP contribution in [-0.2, 0) is 12.8 Å². The lowest BCUT2D eigenvalue weighted by Crippen LogP contribution is -2.15. The van der Waals surface area contributed by atoms with Crippen LogP contribution in [0.1, 0.15) is 28.5 Å². The van der Waals surface area contributed by atoms with Crippen LogP contribution in [0.2, 0.25) is 5.02 Å². The number of carbonyl (C=O) groups is 1. The van der Waals surface area contributed by atoms with Gasteiger partial charge in [-0.2, -0.15) is 5.10 Å². The summed E-state index contributed by atoms with van der Waals surface area (Å²) in [5.74, 6) is -0.161. The fourth-order valence-corrected chi connectivity index (χ4v) is 3.22. The molecule has 3 rings (SSSR count). The third kappa shape index (κ3) is 4.80. The summed E-state index contributed by atoms with van der Waals surface area (Å²) in [6, 6.07) is 15.4. The Hall–Kier alpha value is -2.63. The molecule has 0 aliphatic carbocycles. The molecule has 0 bridgehead atoms. The Labute approximate surface area is 170 Å². The van der Waals surface area contributed by atoms with Crippen LogP contribution in [0.5, 0.6) is 0 Å². The average molecular weight is 397 g/mol. The number of amides is 1. The standard InChI is InChI=1S/C22H25ClN4O/c1-4-21-20(15-24-27(21)19-7-5-6-17(23)14-19)22(28)25-18-10-8-16(9-11-18)12-13-26(2)3/h5-11,14-15H,4,12-13H2,1-3H3,(H,25,28). The van der Waals surface area contributed by atoms with E-state index in [1.54, 1.807) is 10.9 Å². The third-order valence-electron chi connectivity index (χ3n) is 4.56. The number of halogens is 1. The van der Waals surface area contributed by atoms with E-state index >= 15 is 0 Å². The Morgan fingerprint density at radius 2 is 1.93 bits per heavy atom. The minimum atomic E-state index is -0.161. The van der Waals surface area contributed by atoms with Gasteiger partial charge in [-0.25, -0.2) is 4.68 Å². The van der Waals surface area contributed by atoms with E-state index in [4.69, 9.17) is 11.6 Å². The van der Waals surface area contributed by atoms with Gasteiger partial charge in [0, 0.05) is 17.3 Å². The maximum absolute atomic E-state index is 12.8. The van der Waals surface area contributed by atoms with Crippen molar-refractivity contribution in [3.63, 3.8) is 0 Å². The summed E-state index contributed by atoms with van der Waals surface area (Å²) >= 11 is 6.10. The van der Waals surface area contributed by atoms with E-state index in [0.29, 0.717) is 17.0 Å². The Morgan fingerprint density at radius 1 is 1.18 bits per heavy atom. The molecule has 0 aliphatic heterocycles. The minimum absolute atomic E-state index is 0.161. The molecular formula is C22H25ClN4O. The quantitative estimate of drug-likeness (QED) is 0.642. The fourth-order valence-electron chi connectivity index (χ4n) is 3.04. The van der Waals surface area contributed by atoms with Gasteiger partial charge in [0.25, 0.3) is 5.91 Å². The number of rotatable bonds is 7. The van der Waals surface area contributed by atoms with Crippen LogP contribution in [0.3, 0.4) is 0 Å². The second kappa shape index (κ2) is 9.04. The van der Waals surface area contributed by atoms with Crippen molar-refractivity contribution in [1.82, 2.24) is 14.7 Å². The molecule has 2 aromatic carbocycles. The molecule has 0 atom stereocenters. The number of carbonyl (C=O) groups excluding carboxylic acids is 1. The molecule has 0 spiro atoms. The number of hydrogen-bond acceptors (Lipinski definition) is 3. The Kier molecular flexibility index (Phi) is 6.49. The highest BCUT2D eigenvalue weighted by molar-refractivity contribution is 6.30. The number of anilines is 1. The number of benzene rings is 2. The molecule has 1 amide bonds. The monoisotopic (exact) mass is 396 g/mol. The van der Waals surface area contributed by atoms with E-state index in [-0.39, 0.29) is 5.91 Å². The number of nitrogens with zero attached hydrogens (tertiary/aromatic N) is 3. The van der Waals surface area contributed by atoms with Crippen molar-refractivity contribution in [3.05, 3.63) is 76.6 Å². The summed E-state index contributed by atoms with van der Waals surface area (Å²) in [6.07, 6.45) is 3.27. The van der Waals surface area contributed by atoms with Gasteiger partial charge in [0.1, 0.15) is 0 Å². The van der Waals surface area contributed by atoms with Crippen molar-refractivity contribution in [2.45, 2.75) is 19.8 Å². The first-order valence-electron chi connectivity index (χ1n) is 9.35. The molecule has 1 heterocycles. The third-order valence-corrected chi connectivity index (χ3v) is 4.80. The molecule has 0 aliphatic rings. The van der Waals surface area contributed by atoms with Gasteiger partial charge in [0.15, 0.2) is 0 Å². The SMILES string of the molecule is CCc1c(C(=O)Nc2ccc(CCN(C)C)cc2)cnn1-c1cccc(Cl)c1. The van der Waals surface area contributed by atoms with Crippen LogP contribution in [0.25, 0.3) is 5.69 Å². The molecule has 0 fully saturated rings. The number of nitrogens with one attached hydrogen (secondary N) is 1. The second-order valence-electron chi connectivity index (χ2n) is 6.95. The predicted molar refractivity (Wildman–Crippen MR) is 115 cm³/mol. The van der Waals surface area contributed by atoms with Gasteiger partial charge in [-0.15, -0.1) is 0 Å². The van der Waals surface area contributed by atoms with Gasteiger partial charge in [0.05, 0.1) is 23.1 Å². The molecule has 28 heavy (non-hydrogen) atoms. The van der Waals surface area contributed by atoms with Gasteiger partial charge < -0.3 is 10.2 Å². The summed E-state index contributed by atoms with van der Waals surface area (Å²) < 4.78 is 1.77. The first-order valence-corrected chi connectivity index (χ1v) is 9.73. The summed E-state index contributed by atoms with van der Waals surface area (Å²) in [5, 5.41) is 8.02. The lowest BCUT2D eigenvalue weighted by atomic mass is 10.1. The molecule has 3 aromatic rings. The second-order valence-corrected chi connectivity index (χ2v) is 7.39. The van der Waals surface area contributed by atoms with Crippen molar-refractivity contribution < 1.29 is 4.79 Å². The molecular weight excluding hydrogens is 372 g/mol. The van der Waals surface area contributed by atoms with Crippen molar-refractivity contribution in [2.24, 2.45) is 0 Å². The number of likely N-dealkylation sites (N-methyl/N-ethyl adjacent to an activating group) is 1. The highest BCUT2D eigenvalue weighted by Crippen LogP contribution is 2.20.